The van der Waals surface area contributed by atoms with Gasteiger partial charge in [0.05, 0.1) is 23.8 Å². The van der Waals surface area contributed by atoms with E-state index in [-0.39, 0.29) is 49.1 Å². The number of rotatable bonds is 4. The molecule has 2 aliphatic rings. The van der Waals surface area contributed by atoms with Gasteiger partial charge >= 0.3 is 0 Å². The van der Waals surface area contributed by atoms with Crippen LogP contribution in [0.25, 0.3) is 11.1 Å². The van der Waals surface area contributed by atoms with Crippen molar-refractivity contribution in [3.8, 4) is 11.1 Å². The number of nitrogens with zero attached hydrogens (tertiary/aromatic N) is 2. The molecule has 0 saturated carbocycles. The minimum absolute atomic E-state index is 0.00539. The van der Waals surface area contributed by atoms with Gasteiger partial charge in [-0.05, 0) is 60.5 Å². The Hall–Kier alpha value is -5.04. The maximum Gasteiger partial charge on any atom is 0.258 e. The molecule has 0 unspecified atom stereocenters. The van der Waals surface area contributed by atoms with Crippen LogP contribution in [-0.4, -0.2) is 47.5 Å². The zero-order valence-electron chi connectivity index (χ0n) is 22.0. The Morgan fingerprint density at radius 3 is 2.23 bits per heavy atom. The highest BCUT2D eigenvalue weighted by molar-refractivity contribution is 6.13. The summed E-state index contributed by atoms with van der Waals surface area (Å²) in [6.07, 6.45) is 0.235. The maximum atomic E-state index is 13.7. The lowest BCUT2D eigenvalue weighted by molar-refractivity contribution is -0.116. The van der Waals surface area contributed by atoms with Crippen LogP contribution in [0.5, 0.6) is 0 Å². The second-order valence-corrected chi connectivity index (χ2v) is 10.2. The minimum atomic E-state index is -0.358. The van der Waals surface area contributed by atoms with Gasteiger partial charge in [-0.1, -0.05) is 60.2 Å². The Labute approximate surface area is 232 Å². The standard InChI is InChI=1S/C33H27N3O4/c1-21-10-12-22(13-11-21)27-6-2-3-7-28(27)31(38)34-24-16-14-23(15-17-24)32(39)36-19-25-18-26(37)20-35(25)33(40)29-8-4-5-9-30(29)36/h2-17,25H,18-20H2,1H3,(H,34,38)/t25-/m1/s1. The first kappa shape index (κ1) is 25.2. The van der Waals surface area contributed by atoms with E-state index in [1.165, 1.54) is 0 Å². The molecule has 7 nitrogen and oxygen atoms in total. The van der Waals surface area contributed by atoms with Crippen molar-refractivity contribution in [1.82, 2.24) is 4.90 Å². The van der Waals surface area contributed by atoms with Crippen molar-refractivity contribution < 1.29 is 19.2 Å². The van der Waals surface area contributed by atoms with Crippen LogP contribution in [0.2, 0.25) is 0 Å². The van der Waals surface area contributed by atoms with Crippen molar-refractivity contribution in [2.45, 2.75) is 19.4 Å². The Balaban J connectivity index is 1.23. The number of hydrogen-bond donors (Lipinski definition) is 1. The summed E-state index contributed by atoms with van der Waals surface area (Å²) < 4.78 is 0. The van der Waals surface area contributed by atoms with Crippen LogP contribution in [0.1, 0.15) is 43.1 Å². The average Bonchev–Trinajstić information content (AvgIpc) is 3.31. The van der Waals surface area contributed by atoms with Gasteiger partial charge in [0.1, 0.15) is 0 Å². The van der Waals surface area contributed by atoms with Gasteiger partial charge in [-0.25, -0.2) is 0 Å². The zero-order chi connectivity index (χ0) is 27.8. The Morgan fingerprint density at radius 2 is 1.48 bits per heavy atom. The summed E-state index contributed by atoms with van der Waals surface area (Å²) in [6.45, 7) is 2.33. The van der Waals surface area contributed by atoms with Gasteiger partial charge in [-0.15, -0.1) is 0 Å². The van der Waals surface area contributed by atoms with E-state index >= 15 is 0 Å². The first-order valence-electron chi connectivity index (χ1n) is 13.2. The summed E-state index contributed by atoms with van der Waals surface area (Å²) in [4.78, 5) is 55.4. The number of Topliss-reactive ketones (excluding diaryl/α,β-unsaturated/α-hetero) is 1. The number of benzene rings is 4. The quantitative estimate of drug-likeness (QED) is 0.386. The second-order valence-electron chi connectivity index (χ2n) is 10.2. The number of carbonyl (C=O) groups excluding carboxylic acids is 4. The minimum Gasteiger partial charge on any atom is -0.326 e. The third kappa shape index (κ3) is 4.66. The number of hydrogen-bond acceptors (Lipinski definition) is 4. The molecule has 0 spiro atoms. The van der Waals surface area contributed by atoms with Crippen LogP contribution in [0.15, 0.2) is 97.1 Å². The van der Waals surface area contributed by atoms with Crippen molar-refractivity contribution in [2.24, 2.45) is 0 Å². The van der Waals surface area contributed by atoms with E-state index in [1.54, 1.807) is 64.4 Å². The molecule has 0 radical (unpaired) electrons. The first-order valence-corrected chi connectivity index (χ1v) is 13.2. The lowest BCUT2D eigenvalue weighted by atomic mass is 9.98. The van der Waals surface area contributed by atoms with Crippen LogP contribution in [0.4, 0.5) is 11.4 Å². The predicted molar refractivity (Wildman–Crippen MR) is 154 cm³/mol. The topological polar surface area (TPSA) is 86.8 Å². The Kier molecular flexibility index (Phi) is 6.48. The number of para-hydroxylation sites is 1. The molecule has 198 valence electrons. The summed E-state index contributed by atoms with van der Waals surface area (Å²) in [5.74, 6) is -0.759. The highest BCUT2D eigenvalue weighted by Crippen LogP contribution is 2.32. The van der Waals surface area contributed by atoms with Crippen LogP contribution in [-0.2, 0) is 4.79 Å². The van der Waals surface area contributed by atoms with Gasteiger partial charge in [-0.3, -0.25) is 19.2 Å². The molecule has 1 N–H and O–H groups in total. The van der Waals surface area contributed by atoms with Gasteiger partial charge in [0.25, 0.3) is 17.7 Å². The van der Waals surface area contributed by atoms with Gasteiger partial charge in [0.15, 0.2) is 5.78 Å². The molecular weight excluding hydrogens is 502 g/mol. The van der Waals surface area contributed by atoms with E-state index in [0.717, 1.165) is 16.7 Å². The summed E-state index contributed by atoms with van der Waals surface area (Å²) in [5, 5.41) is 2.94. The second kappa shape index (κ2) is 10.3. The number of amides is 3. The largest absolute Gasteiger partial charge is 0.326 e. The number of anilines is 2. The number of carbonyl (C=O) groups is 4. The molecule has 1 atom stereocenters. The van der Waals surface area contributed by atoms with Crippen molar-refractivity contribution in [2.75, 3.05) is 23.3 Å². The highest BCUT2D eigenvalue weighted by Gasteiger charge is 2.41. The normalized spacial score (nSPS) is 16.3. The fraction of sp³-hybridized carbons (Fsp3) is 0.152. The fourth-order valence-electron chi connectivity index (χ4n) is 5.42. The number of nitrogens with one attached hydrogen (secondary N) is 1. The molecule has 3 amide bonds. The average molecular weight is 530 g/mol. The van der Waals surface area contributed by atoms with E-state index in [4.69, 9.17) is 0 Å². The molecule has 1 fully saturated rings. The molecule has 2 heterocycles. The predicted octanol–water partition coefficient (Wildman–Crippen LogP) is 5.36. The summed E-state index contributed by atoms with van der Waals surface area (Å²) >= 11 is 0. The molecule has 7 heteroatoms. The van der Waals surface area contributed by atoms with Crippen LogP contribution >= 0.6 is 0 Å². The lowest BCUT2D eigenvalue weighted by Crippen LogP contribution is -2.42. The van der Waals surface area contributed by atoms with E-state index < -0.39 is 0 Å². The number of aryl methyl sites for hydroxylation is 1. The molecule has 6 rings (SSSR count). The summed E-state index contributed by atoms with van der Waals surface area (Å²) in [5.41, 5.74) is 5.39. The third-order valence-electron chi connectivity index (χ3n) is 7.50. The van der Waals surface area contributed by atoms with Gasteiger partial charge in [-0.2, -0.15) is 0 Å². The molecule has 0 aromatic heterocycles. The van der Waals surface area contributed by atoms with E-state index in [0.29, 0.717) is 28.1 Å². The maximum absolute atomic E-state index is 13.7. The lowest BCUT2D eigenvalue weighted by Gasteiger charge is -2.26. The number of ketones is 1. The molecule has 0 aliphatic carbocycles. The van der Waals surface area contributed by atoms with Gasteiger partial charge in [0, 0.05) is 29.8 Å². The summed E-state index contributed by atoms with van der Waals surface area (Å²) in [7, 11) is 0. The Bertz CT molecular complexity index is 1640. The van der Waals surface area contributed by atoms with E-state index in [1.807, 2.05) is 49.4 Å². The van der Waals surface area contributed by atoms with E-state index in [2.05, 4.69) is 5.32 Å². The summed E-state index contributed by atoms with van der Waals surface area (Å²) in [6, 6.07) is 28.8. The molecule has 2 aliphatic heterocycles. The van der Waals surface area contributed by atoms with Crippen molar-refractivity contribution in [3.63, 3.8) is 0 Å². The fourth-order valence-corrected chi connectivity index (χ4v) is 5.42. The molecule has 4 aromatic carbocycles. The molecule has 0 bridgehead atoms. The van der Waals surface area contributed by atoms with Crippen LogP contribution < -0.4 is 10.2 Å². The molecular formula is C33H27N3O4. The third-order valence-corrected chi connectivity index (χ3v) is 7.50. The smallest absolute Gasteiger partial charge is 0.258 e. The van der Waals surface area contributed by atoms with Gasteiger partial charge < -0.3 is 15.1 Å². The molecule has 1 saturated heterocycles. The zero-order valence-corrected chi connectivity index (χ0v) is 22.0. The highest BCUT2D eigenvalue weighted by atomic mass is 16.2. The Morgan fingerprint density at radius 1 is 0.800 bits per heavy atom. The number of fused-ring (bicyclic) bond motifs is 2. The first-order chi connectivity index (χ1) is 19.4. The molecule has 4 aromatic rings. The SMILES string of the molecule is Cc1ccc(-c2ccccc2C(=O)Nc2ccc(C(=O)N3C[C@H]4CC(=O)CN4C(=O)c4ccccc43)cc2)cc1. The van der Waals surface area contributed by atoms with Gasteiger partial charge in [0.2, 0.25) is 0 Å². The van der Waals surface area contributed by atoms with Crippen LogP contribution in [0.3, 0.4) is 0 Å². The van der Waals surface area contributed by atoms with Crippen molar-refractivity contribution in [1.29, 1.82) is 0 Å². The van der Waals surface area contributed by atoms with Crippen molar-refractivity contribution in [3.05, 3.63) is 119 Å². The van der Waals surface area contributed by atoms with E-state index in [9.17, 15) is 19.2 Å². The molecule has 40 heavy (non-hydrogen) atoms. The monoisotopic (exact) mass is 529 g/mol. The van der Waals surface area contributed by atoms with Crippen LogP contribution in [0, 0.1) is 6.92 Å². The van der Waals surface area contributed by atoms with Crippen molar-refractivity contribution >= 4 is 34.9 Å².